The van der Waals surface area contributed by atoms with Crippen molar-refractivity contribution in [2.24, 2.45) is 11.8 Å². The minimum Gasteiger partial charge on any atom is -0.396 e. The molecule has 2 atom stereocenters. The minimum atomic E-state index is -2.84. The number of alkyl halides is 2. The Bertz CT molecular complexity index is 383. The zero-order valence-electron chi connectivity index (χ0n) is 11.0. The van der Waals surface area contributed by atoms with Crippen molar-refractivity contribution in [2.75, 3.05) is 19.7 Å². The molecule has 0 spiro atoms. The van der Waals surface area contributed by atoms with Crippen LogP contribution < -0.4 is 5.32 Å². The molecule has 0 saturated heterocycles. The van der Waals surface area contributed by atoms with E-state index in [-0.39, 0.29) is 24.6 Å². The van der Waals surface area contributed by atoms with E-state index in [1.807, 2.05) is 0 Å². The van der Waals surface area contributed by atoms with Gasteiger partial charge in [0.1, 0.15) is 0 Å². The summed E-state index contributed by atoms with van der Waals surface area (Å²) in [5, 5.41) is 12.1. The monoisotopic (exact) mass is 269 g/mol. The standard InChI is InChI=1S/C15H21F2NO/c16-15(17,14-7-2-1-3-8-14)11-18-9-12-5-4-6-13(12)10-19/h1-3,7-8,12-13,18-19H,4-6,9-11H2. The second-order valence-corrected chi connectivity index (χ2v) is 5.34. The second kappa shape index (κ2) is 6.44. The zero-order valence-corrected chi connectivity index (χ0v) is 11.0. The molecule has 0 aliphatic heterocycles. The van der Waals surface area contributed by atoms with Crippen LogP contribution in [0.4, 0.5) is 8.78 Å². The third-order valence-corrected chi connectivity index (χ3v) is 4.00. The lowest BCUT2D eigenvalue weighted by Crippen LogP contribution is -2.35. The molecule has 4 heteroatoms. The topological polar surface area (TPSA) is 32.3 Å². The van der Waals surface area contributed by atoms with Crippen molar-refractivity contribution in [1.29, 1.82) is 0 Å². The zero-order chi connectivity index (χ0) is 13.7. The molecule has 0 bridgehead atoms. The first-order valence-electron chi connectivity index (χ1n) is 6.88. The highest BCUT2D eigenvalue weighted by molar-refractivity contribution is 5.20. The fraction of sp³-hybridized carbons (Fsp3) is 0.600. The van der Waals surface area contributed by atoms with E-state index in [4.69, 9.17) is 0 Å². The smallest absolute Gasteiger partial charge is 0.285 e. The van der Waals surface area contributed by atoms with Crippen molar-refractivity contribution in [3.05, 3.63) is 35.9 Å². The van der Waals surface area contributed by atoms with E-state index in [2.05, 4.69) is 5.32 Å². The molecule has 0 aromatic heterocycles. The maximum atomic E-state index is 13.9. The number of aliphatic hydroxyl groups excluding tert-OH is 1. The molecule has 1 aromatic carbocycles. The molecule has 0 amide bonds. The molecule has 2 rings (SSSR count). The van der Waals surface area contributed by atoms with E-state index in [1.54, 1.807) is 18.2 Å². The number of hydrogen-bond acceptors (Lipinski definition) is 2. The summed E-state index contributed by atoms with van der Waals surface area (Å²) < 4.78 is 27.8. The maximum Gasteiger partial charge on any atom is 0.285 e. The molecular formula is C15H21F2NO. The number of halogens is 2. The highest BCUT2D eigenvalue weighted by Crippen LogP contribution is 2.31. The molecule has 2 nitrogen and oxygen atoms in total. The highest BCUT2D eigenvalue weighted by Gasteiger charge is 2.32. The highest BCUT2D eigenvalue weighted by atomic mass is 19.3. The van der Waals surface area contributed by atoms with Crippen LogP contribution >= 0.6 is 0 Å². The minimum absolute atomic E-state index is 0.0487. The molecule has 0 radical (unpaired) electrons. The lowest BCUT2D eigenvalue weighted by Gasteiger charge is -2.21. The quantitative estimate of drug-likeness (QED) is 0.832. The van der Waals surface area contributed by atoms with E-state index in [0.717, 1.165) is 19.3 Å². The Morgan fingerprint density at radius 3 is 2.53 bits per heavy atom. The van der Waals surface area contributed by atoms with E-state index in [9.17, 15) is 13.9 Å². The van der Waals surface area contributed by atoms with Crippen molar-refractivity contribution in [1.82, 2.24) is 5.32 Å². The Hall–Kier alpha value is -1.00. The summed E-state index contributed by atoms with van der Waals surface area (Å²) in [7, 11) is 0. The molecule has 19 heavy (non-hydrogen) atoms. The first kappa shape index (κ1) is 14.4. The molecule has 1 aromatic rings. The molecule has 1 aliphatic carbocycles. The van der Waals surface area contributed by atoms with E-state index in [1.165, 1.54) is 12.1 Å². The van der Waals surface area contributed by atoms with Crippen LogP contribution in [0.15, 0.2) is 30.3 Å². The number of hydrogen-bond donors (Lipinski definition) is 2. The summed E-state index contributed by atoms with van der Waals surface area (Å²) in [6, 6.07) is 7.89. The van der Waals surface area contributed by atoms with Crippen LogP contribution in [0, 0.1) is 11.8 Å². The summed E-state index contributed by atoms with van der Waals surface area (Å²) in [5.74, 6) is -2.23. The lowest BCUT2D eigenvalue weighted by atomic mass is 9.97. The maximum absolute atomic E-state index is 13.9. The Balaban J connectivity index is 1.82. The Kier molecular flexibility index (Phi) is 4.88. The predicted molar refractivity (Wildman–Crippen MR) is 71.1 cm³/mol. The van der Waals surface area contributed by atoms with Crippen molar-refractivity contribution < 1.29 is 13.9 Å². The van der Waals surface area contributed by atoms with Gasteiger partial charge in [-0.1, -0.05) is 36.8 Å². The number of rotatable bonds is 6. The molecule has 106 valence electrons. The Morgan fingerprint density at radius 2 is 1.84 bits per heavy atom. The van der Waals surface area contributed by atoms with Crippen LogP contribution in [0.25, 0.3) is 0 Å². The first-order valence-corrected chi connectivity index (χ1v) is 6.88. The number of benzene rings is 1. The predicted octanol–water partition coefficient (Wildman–Crippen LogP) is 2.78. The van der Waals surface area contributed by atoms with Crippen LogP contribution in [0.1, 0.15) is 24.8 Å². The first-order chi connectivity index (χ1) is 9.13. The number of aliphatic hydroxyl groups is 1. The van der Waals surface area contributed by atoms with Crippen LogP contribution in [0.3, 0.4) is 0 Å². The normalized spacial score (nSPS) is 23.7. The summed E-state index contributed by atoms with van der Waals surface area (Å²) in [6.45, 7) is 0.390. The van der Waals surface area contributed by atoms with Crippen molar-refractivity contribution >= 4 is 0 Å². The molecule has 2 unspecified atom stereocenters. The van der Waals surface area contributed by atoms with Gasteiger partial charge in [-0.25, -0.2) is 0 Å². The molecule has 1 fully saturated rings. The molecule has 1 saturated carbocycles. The summed E-state index contributed by atoms with van der Waals surface area (Å²) >= 11 is 0. The van der Waals surface area contributed by atoms with Gasteiger partial charge < -0.3 is 10.4 Å². The summed E-state index contributed by atoms with van der Waals surface area (Å²) in [6.07, 6.45) is 3.12. The van der Waals surface area contributed by atoms with Gasteiger partial charge in [-0.3, -0.25) is 0 Å². The third kappa shape index (κ3) is 3.74. The van der Waals surface area contributed by atoms with Crippen LogP contribution in [-0.2, 0) is 5.92 Å². The summed E-state index contributed by atoms with van der Waals surface area (Å²) in [5.41, 5.74) is 0.0487. The summed E-state index contributed by atoms with van der Waals surface area (Å²) in [4.78, 5) is 0. The van der Waals surface area contributed by atoms with Gasteiger partial charge in [0, 0.05) is 12.2 Å². The van der Waals surface area contributed by atoms with E-state index in [0.29, 0.717) is 12.5 Å². The molecular weight excluding hydrogens is 248 g/mol. The molecule has 0 heterocycles. The van der Waals surface area contributed by atoms with Crippen LogP contribution in [0.5, 0.6) is 0 Å². The fourth-order valence-corrected chi connectivity index (χ4v) is 2.82. The SMILES string of the molecule is OCC1CCCC1CNCC(F)(F)c1ccccc1. The number of nitrogens with one attached hydrogen (secondary N) is 1. The van der Waals surface area contributed by atoms with E-state index >= 15 is 0 Å². The van der Waals surface area contributed by atoms with Gasteiger partial charge in [0.15, 0.2) is 0 Å². The second-order valence-electron chi connectivity index (χ2n) is 5.34. The van der Waals surface area contributed by atoms with Gasteiger partial charge in [0.25, 0.3) is 5.92 Å². The lowest BCUT2D eigenvalue weighted by molar-refractivity contribution is -0.00437. The average molecular weight is 269 g/mol. The van der Waals surface area contributed by atoms with Gasteiger partial charge in [-0.15, -0.1) is 0 Å². The van der Waals surface area contributed by atoms with Crippen LogP contribution in [0.2, 0.25) is 0 Å². The fourth-order valence-electron chi connectivity index (χ4n) is 2.82. The third-order valence-electron chi connectivity index (χ3n) is 4.00. The Labute approximate surface area is 112 Å². The van der Waals surface area contributed by atoms with Crippen molar-refractivity contribution in [3.63, 3.8) is 0 Å². The van der Waals surface area contributed by atoms with Crippen molar-refractivity contribution in [3.8, 4) is 0 Å². The van der Waals surface area contributed by atoms with Crippen LogP contribution in [-0.4, -0.2) is 24.8 Å². The molecule has 2 N–H and O–H groups in total. The molecule has 1 aliphatic rings. The van der Waals surface area contributed by atoms with E-state index < -0.39 is 5.92 Å². The van der Waals surface area contributed by atoms with Gasteiger partial charge in [-0.05, 0) is 31.2 Å². The average Bonchev–Trinajstić information content (AvgIpc) is 2.87. The van der Waals surface area contributed by atoms with Crippen molar-refractivity contribution in [2.45, 2.75) is 25.2 Å². The van der Waals surface area contributed by atoms with Gasteiger partial charge in [-0.2, -0.15) is 8.78 Å². The van der Waals surface area contributed by atoms with Gasteiger partial charge in [0.05, 0.1) is 6.54 Å². The van der Waals surface area contributed by atoms with Gasteiger partial charge in [0.2, 0.25) is 0 Å². The largest absolute Gasteiger partial charge is 0.396 e. The Morgan fingerprint density at radius 1 is 1.16 bits per heavy atom. The van der Waals surface area contributed by atoms with Gasteiger partial charge >= 0.3 is 0 Å².